The Morgan fingerprint density at radius 3 is 2.68 bits per heavy atom. The van der Waals surface area contributed by atoms with E-state index in [-0.39, 0.29) is 39.1 Å². The van der Waals surface area contributed by atoms with Crippen LogP contribution in [0, 0.1) is 11.3 Å². The molecule has 1 unspecified atom stereocenters. The van der Waals surface area contributed by atoms with E-state index in [0.717, 1.165) is 56.4 Å². The normalized spacial score (nSPS) is 23.0. The second-order valence-corrected chi connectivity index (χ2v) is 19.7. The molecular formula is C48H62N8O8S. The number of ether oxygens (including phenoxy) is 2. The average Bonchev–Trinajstić information content (AvgIpc) is 4.01. The molecule has 4 amide bonds. The summed E-state index contributed by atoms with van der Waals surface area (Å²) in [5.41, 5.74) is 6.19. The highest BCUT2D eigenvalue weighted by Gasteiger charge is 2.48. The zero-order chi connectivity index (χ0) is 46.8. The Morgan fingerprint density at radius 1 is 1.18 bits per heavy atom. The minimum absolute atomic E-state index is 0.00452. The molecule has 2 saturated heterocycles. The van der Waals surface area contributed by atoms with Crippen LogP contribution in [0.15, 0.2) is 54.6 Å². The summed E-state index contributed by atoms with van der Waals surface area (Å²) in [6, 6.07) is 8.13. The molecule has 348 valence electrons. The predicted molar refractivity (Wildman–Crippen MR) is 247 cm³/mol. The lowest BCUT2D eigenvalue weighted by Gasteiger charge is -2.42. The monoisotopic (exact) mass is 910 g/mol. The van der Waals surface area contributed by atoms with Gasteiger partial charge in [0.25, 0.3) is 11.8 Å². The molecule has 4 atom stereocenters. The van der Waals surface area contributed by atoms with Gasteiger partial charge in [0.05, 0.1) is 43.4 Å². The summed E-state index contributed by atoms with van der Waals surface area (Å²) >= 11 is 1.44. The van der Waals surface area contributed by atoms with Gasteiger partial charge in [0.2, 0.25) is 11.8 Å². The van der Waals surface area contributed by atoms with E-state index < -0.39 is 58.2 Å². The largest absolute Gasteiger partial charge is 0.378 e. The van der Waals surface area contributed by atoms with Crippen LogP contribution in [0.5, 0.6) is 0 Å². The van der Waals surface area contributed by atoms with E-state index in [1.54, 1.807) is 27.2 Å². The number of thiazole rings is 1. The maximum absolute atomic E-state index is 14.7. The van der Waals surface area contributed by atoms with Crippen LogP contribution in [-0.2, 0) is 59.4 Å². The number of aromatic nitrogens is 3. The van der Waals surface area contributed by atoms with Gasteiger partial charge in [-0.05, 0) is 79.5 Å². The number of nitrogens with zero attached hydrogens (tertiary/aromatic N) is 6. The number of fused-ring (bicyclic) bond motifs is 6. The third-order valence-electron chi connectivity index (χ3n) is 12.9. The summed E-state index contributed by atoms with van der Waals surface area (Å²) in [7, 11) is 3.11. The van der Waals surface area contributed by atoms with Gasteiger partial charge in [-0.1, -0.05) is 34.3 Å². The SMILES string of the molecule is C=CC(=O)N1CC[C@](O)(C(=O)N(C)[C@H](C(=O)N[C@H]2Cc3csc(n3)-c3ccc4c(c3)c(c(-c3cccnc3COC)n4CC)CC(C)(C)COCC3(C=O)CCCN(N3)C2=O)C(C)C)C1. The molecule has 0 aliphatic carbocycles. The van der Waals surface area contributed by atoms with E-state index in [2.05, 4.69) is 66.9 Å². The Balaban J connectivity index is 1.28. The number of nitrogens with one attached hydrogen (secondary N) is 2. The number of hydrazine groups is 1. The number of likely N-dealkylation sites (N-methyl/N-ethyl adjacent to an activating group) is 1. The van der Waals surface area contributed by atoms with E-state index in [1.807, 2.05) is 11.4 Å². The molecule has 3 aliphatic rings. The number of aldehydes is 1. The standard InChI is InChI=1S/C48H62N8O8S/c1-9-39(58)54-20-17-48(62,26-54)45(61)53(7)40(30(3)4)42(59)51-36-22-32-25-65-43(50-32)31-14-15-38-34(21-31)35(41(55(38)10-2)33-13-11-18-49-37(33)24-63-8)23-46(5,6)28-64-29-47(27-57)16-12-19-56(52-47)44(36)60/h9,11,13-15,18,21,25,27,30,36,40,52,62H,1,10,12,16-17,19-20,22-24,26,28-29H2,2-8H3,(H,51,59)/t36-,40-,47?,48+/m0/s1. The van der Waals surface area contributed by atoms with Gasteiger partial charge in [-0.2, -0.15) is 0 Å². The molecule has 3 N–H and O–H groups in total. The number of hydrogen-bond acceptors (Lipinski definition) is 12. The Labute approximate surface area is 384 Å². The van der Waals surface area contributed by atoms with Gasteiger partial charge in [-0.15, -0.1) is 11.3 Å². The molecule has 1 aromatic carbocycles. The van der Waals surface area contributed by atoms with Crippen LogP contribution in [0.1, 0.15) is 70.8 Å². The third kappa shape index (κ3) is 9.66. The Bertz CT molecular complexity index is 2460. The summed E-state index contributed by atoms with van der Waals surface area (Å²) in [6.07, 6.45) is 5.28. The molecule has 0 saturated carbocycles. The Hall–Kier alpha value is -5.33. The first kappa shape index (κ1) is 47.6. The van der Waals surface area contributed by atoms with Crippen LogP contribution in [0.3, 0.4) is 0 Å². The first-order chi connectivity index (χ1) is 31.0. The first-order valence-corrected chi connectivity index (χ1v) is 23.2. The molecule has 6 bridgehead atoms. The second-order valence-electron chi connectivity index (χ2n) is 18.8. The number of likely N-dealkylation sites (tertiary alicyclic amines) is 1. The van der Waals surface area contributed by atoms with Crippen LogP contribution >= 0.6 is 11.3 Å². The number of methoxy groups -OCH3 is 1. The number of aliphatic hydroxyl groups is 1. The fourth-order valence-electron chi connectivity index (χ4n) is 9.69. The van der Waals surface area contributed by atoms with Gasteiger partial charge < -0.3 is 39.1 Å². The molecule has 2 fully saturated rings. The van der Waals surface area contributed by atoms with Crippen LogP contribution in [0.4, 0.5) is 0 Å². The minimum Gasteiger partial charge on any atom is -0.378 e. The van der Waals surface area contributed by atoms with Crippen molar-refractivity contribution in [2.75, 3.05) is 47.0 Å². The van der Waals surface area contributed by atoms with Gasteiger partial charge in [0.1, 0.15) is 28.9 Å². The zero-order valence-electron chi connectivity index (χ0n) is 38.5. The van der Waals surface area contributed by atoms with Gasteiger partial charge in [-0.25, -0.2) is 10.4 Å². The van der Waals surface area contributed by atoms with Crippen molar-refractivity contribution in [2.24, 2.45) is 11.3 Å². The van der Waals surface area contributed by atoms with Crippen LogP contribution < -0.4 is 10.7 Å². The van der Waals surface area contributed by atoms with Gasteiger partial charge in [-0.3, -0.25) is 29.2 Å². The second kappa shape index (κ2) is 19.3. The van der Waals surface area contributed by atoms with E-state index in [4.69, 9.17) is 19.4 Å². The lowest BCUT2D eigenvalue weighted by atomic mass is 9.84. The van der Waals surface area contributed by atoms with Crippen molar-refractivity contribution in [2.45, 2.75) is 103 Å². The lowest BCUT2D eigenvalue weighted by molar-refractivity contribution is -0.156. The van der Waals surface area contributed by atoms with Crippen molar-refractivity contribution in [3.05, 3.63) is 71.5 Å². The third-order valence-corrected chi connectivity index (χ3v) is 13.8. The van der Waals surface area contributed by atoms with Crippen molar-refractivity contribution in [3.63, 3.8) is 0 Å². The smallest absolute Gasteiger partial charge is 0.259 e. The molecule has 16 nitrogen and oxygen atoms in total. The highest BCUT2D eigenvalue weighted by atomic mass is 32.1. The number of β-amino-alcohol motifs (C(OH)–C–C–N with tert-alkyl or cyclic N) is 1. The Morgan fingerprint density at radius 2 is 1.97 bits per heavy atom. The van der Waals surface area contributed by atoms with Crippen molar-refractivity contribution < 1.29 is 38.6 Å². The molecule has 6 heterocycles. The summed E-state index contributed by atoms with van der Waals surface area (Å²) in [4.78, 5) is 80.8. The fourth-order valence-corrected chi connectivity index (χ4v) is 10.5. The zero-order valence-corrected chi connectivity index (χ0v) is 39.3. The summed E-state index contributed by atoms with van der Waals surface area (Å²) in [5.74, 6) is -2.64. The van der Waals surface area contributed by atoms with E-state index >= 15 is 0 Å². The van der Waals surface area contributed by atoms with Crippen molar-refractivity contribution in [1.29, 1.82) is 0 Å². The summed E-state index contributed by atoms with van der Waals surface area (Å²) < 4.78 is 14.4. The van der Waals surface area contributed by atoms with Crippen molar-refractivity contribution >= 4 is 52.2 Å². The number of benzene rings is 1. The molecule has 3 aromatic heterocycles. The predicted octanol–water partition coefficient (Wildman–Crippen LogP) is 4.32. The molecule has 7 rings (SSSR count). The topological polar surface area (TPSA) is 189 Å². The number of carbonyl (C=O) groups is 5. The molecule has 0 radical (unpaired) electrons. The molecule has 17 heteroatoms. The highest BCUT2D eigenvalue weighted by molar-refractivity contribution is 7.13. The maximum Gasteiger partial charge on any atom is 0.259 e. The molecule has 3 aliphatic heterocycles. The van der Waals surface area contributed by atoms with Gasteiger partial charge in [0, 0.05) is 80.2 Å². The summed E-state index contributed by atoms with van der Waals surface area (Å²) in [5, 5.41) is 19.5. The molecule has 0 spiro atoms. The molecule has 65 heavy (non-hydrogen) atoms. The van der Waals surface area contributed by atoms with Crippen LogP contribution in [-0.4, -0.2) is 135 Å². The van der Waals surface area contributed by atoms with E-state index in [0.29, 0.717) is 44.7 Å². The number of rotatable bonds is 11. The van der Waals surface area contributed by atoms with Crippen LogP contribution in [0.2, 0.25) is 0 Å². The van der Waals surface area contributed by atoms with E-state index in [9.17, 15) is 29.1 Å². The lowest BCUT2D eigenvalue weighted by Crippen LogP contribution is -2.66. The number of aryl methyl sites for hydroxylation is 1. The quantitative estimate of drug-likeness (QED) is 0.144. The molecule has 4 aromatic rings. The number of carbonyl (C=O) groups excluding carboxylic acids is 5. The number of pyridine rings is 1. The van der Waals surface area contributed by atoms with Crippen LogP contribution in [0.25, 0.3) is 32.7 Å². The fraction of sp³-hybridized carbons (Fsp3) is 0.521. The van der Waals surface area contributed by atoms with Gasteiger partial charge >= 0.3 is 0 Å². The van der Waals surface area contributed by atoms with Crippen molar-refractivity contribution in [1.82, 2.24) is 40.1 Å². The van der Waals surface area contributed by atoms with Crippen molar-refractivity contribution in [3.8, 4) is 21.8 Å². The maximum atomic E-state index is 14.7. The highest BCUT2D eigenvalue weighted by Crippen LogP contribution is 2.41. The summed E-state index contributed by atoms with van der Waals surface area (Å²) in [6.45, 7) is 15.0. The first-order valence-electron chi connectivity index (χ1n) is 22.3. The molecular weight excluding hydrogens is 849 g/mol. The Kier molecular flexibility index (Phi) is 14.1. The van der Waals surface area contributed by atoms with E-state index in [1.165, 1.54) is 33.2 Å². The number of hydrogen-bond donors (Lipinski definition) is 3. The van der Waals surface area contributed by atoms with Gasteiger partial charge in [0.15, 0.2) is 5.60 Å². The number of amides is 4. The minimum atomic E-state index is -1.91. The average molecular weight is 911 g/mol.